The molecule has 0 heterocycles. The van der Waals surface area contributed by atoms with E-state index in [2.05, 4.69) is 171 Å². The molecular formula is C37H32P2. The SMILES string of the molecule is C[C@H](C1=CC=CC1c1ccccc1P(c1ccccc1)c1ccccc1)P(c1ccccc1)c1ccccc1. The second kappa shape index (κ2) is 12.1. The lowest BCUT2D eigenvalue weighted by atomic mass is 9.92. The van der Waals surface area contributed by atoms with Gasteiger partial charge in [-0.15, -0.1) is 0 Å². The molecule has 1 aliphatic rings. The molecule has 2 atom stereocenters. The van der Waals surface area contributed by atoms with Crippen molar-refractivity contribution < 1.29 is 0 Å². The highest BCUT2D eigenvalue weighted by atomic mass is 31.1. The van der Waals surface area contributed by atoms with Crippen molar-refractivity contribution >= 4 is 42.4 Å². The van der Waals surface area contributed by atoms with E-state index < -0.39 is 15.8 Å². The lowest BCUT2D eigenvalue weighted by Gasteiger charge is -2.31. The van der Waals surface area contributed by atoms with Crippen molar-refractivity contribution in [3.05, 3.63) is 175 Å². The van der Waals surface area contributed by atoms with Gasteiger partial charge in [-0.1, -0.05) is 176 Å². The molecular weight excluding hydrogens is 506 g/mol. The Morgan fingerprint density at radius 2 is 0.949 bits per heavy atom. The zero-order valence-corrected chi connectivity index (χ0v) is 23.9. The second-order valence-corrected chi connectivity index (χ2v) is 14.5. The average molecular weight is 539 g/mol. The van der Waals surface area contributed by atoms with E-state index in [4.69, 9.17) is 0 Å². The fourth-order valence-electron chi connectivity index (χ4n) is 5.63. The van der Waals surface area contributed by atoms with Gasteiger partial charge < -0.3 is 0 Å². The summed E-state index contributed by atoms with van der Waals surface area (Å²) in [6.45, 7) is 2.44. The Hall–Kier alpha value is -3.56. The lowest BCUT2D eigenvalue weighted by molar-refractivity contribution is 0.940. The molecule has 0 aromatic heterocycles. The molecule has 2 heteroatoms. The Morgan fingerprint density at radius 3 is 1.46 bits per heavy atom. The first-order valence-electron chi connectivity index (χ1n) is 13.6. The van der Waals surface area contributed by atoms with Crippen molar-refractivity contribution in [2.24, 2.45) is 0 Å². The summed E-state index contributed by atoms with van der Waals surface area (Å²) < 4.78 is 0. The van der Waals surface area contributed by atoms with Gasteiger partial charge >= 0.3 is 0 Å². The molecule has 0 bridgehead atoms. The third-order valence-electron chi connectivity index (χ3n) is 7.43. The molecule has 6 rings (SSSR count). The minimum atomic E-state index is -0.680. The molecule has 5 aromatic rings. The van der Waals surface area contributed by atoms with E-state index in [1.165, 1.54) is 37.7 Å². The Bertz CT molecular complexity index is 1480. The third kappa shape index (κ3) is 5.46. The van der Waals surface area contributed by atoms with Crippen LogP contribution in [0.4, 0.5) is 0 Å². The van der Waals surface area contributed by atoms with Crippen molar-refractivity contribution in [3.8, 4) is 0 Å². The monoisotopic (exact) mass is 538 g/mol. The van der Waals surface area contributed by atoms with Gasteiger partial charge in [0.25, 0.3) is 0 Å². The van der Waals surface area contributed by atoms with Gasteiger partial charge in [-0.3, -0.25) is 0 Å². The second-order valence-electron chi connectivity index (χ2n) is 9.81. The number of benzene rings is 5. The Morgan fingerprint density at radius 1 is 0.513 bits per heavy atom. The van der Waals surface area contributed by atoms with E-state index in [9.17, 15) is 0 Å². The van der Waals surface area contributed by atoms with Gasteiger partial charge in [0.2, 0.25) is 0 Å². The van der Waals surface area contributed by atoms with Gasteiger partial charge in [0.05, 0.1) is 0 Å². The van der Waals surface area contributed by atoms with Crippen LogP contribution in [-0.4, -0.2) is 5.66 Å². The van der Waals surface area contributed by atoms with Crippen LogP contribution in [0.5, 0.6) is 0 Å². The summed E-state index contributed by atoms with van der Waals surface area (Å²) in [7, 11) is -1.24. The molecule has 0 spiro atoms. The van der Waals surface area contributed by atoms with Crippen molar-refractivity contribution in [1.29, 1.82) is 0 Å². The number of allylic oxidation sites excluding steroid dienone is 4. The summed E-state index contributed by atoms with van der Waals surface area (Å²) in [6, 6.07) is 53.5. The maximum atomic E-state index is 2.44. The summed E-state index contributed by atoms with van der Waals surface area (Å²) in [6.07, 6.45) is 7.09. The minimum absolute atomic E-state index is 0.269. The largest absolute Gasteiger partial charge is 0.0729 e. The summed E-state index contributed by atoms with van der Waals surface area (Å²) in [5, 5.41) is 7.09. The molecule has 0 radical (unpaired) electrons. The summed E-state index contributed by atoms with van der Waals surface area (Å²) in [5.41, 5.74) is 3.34. The Balaban J connectivity index is 1.43. The predicted molar refractivity (Wildman–Crippen MR) is 174 cm³/mol. The van der Waals surface area contributed by atoms with E-state index in [1.54, 1.807) is 0 Å². The third-order valence-corrected chi connectivity index (χ3v) is 12.7. The van der Waals surface area contributed by atoms with Gasteiger partial charge in [0, 0.05) is 11.6 Å². The highest BCUT2D eigenvalue weighted by molar-refractivity contribution is 7.80. The minimum Gasteiger partial charge on any atom is -0.0729 e. The molecule has 0 saturated carbocycles. The van der Waals surface area contributed by atoms with Gasteiger partial charge in [-0.25, -0.2) is 0 Å². The first kappa shape index (κ1) is 25.7. The predicted octanol–water partition coefficient (Wildman–Crippen LogP) is 7.55. The highest BCUT2D eigenvalue weighted by Crippen LogP contribution is 2.49. The quantitative estimate of drug-likeness (QED) is 0.179. The first-order valence-corrected chi connectivity index (χ1v) is 16.3. The normalized spacial score (nSPS) is 15.5. The van der Waals surface area contributed by atoms with Crippen molar-refractivity contribution in [3.63, 3.8) is 0 Å². The Kier molecular flexibility index (Phi) is 7.97. The van der Waals surface area contributed by atoms with Crippen molar-refractivity contribution in [1.82, 2.24) is 0 Å². The molecule has 1 aliphatic carbocycles. The van der Waals surface area contributed by atoms with Gasteiger partial charge in [0.15, 0.2) is 0 Å². The molecule has 5 aromatic carbocycles. The van der Waals surface area contributed by atoms with Gasteiger partial charge in [-0.05, 0) is 47.9 Å². The molecule has 0 N–H and O–H groups in total. The van der Waals surface area contributed by atoms with Crippen molar-refractivity contribution in [2.45, 2.75) is 18.5 Å². The van der Waals surface area contributed by atoms with Crippen LogP contribution in [0.1, 0.15) is 18.4 Å². The van der Waals surface area contributed by atoms with Crippen LogP contribution >= 0.6 is 15.8 Å². The molecule has 0 aliphatic heterocycles. The standard InChI is InChI=1S/C37H32P2/c1-29(38(30-17-6-2-7-18-30)31-19-8-3-9-20-31)34-26-16-27-35(34)36-25-14-15-28-37(36)39(32-21-10-4-11-22-32)33-23-12-5-13-24-33/h2-29,35H,1H3/t29-,35?/m1/s1. The van der Waals surface area contributed by atoms with E-state index in [1.807, 2.05) is 0 Å². The number of hydrogen-bond acceptors (Lipinski definition) is 0. The molecule has 0 amide bonds. The zero-order chi connectivity index (χ0) is 26.4. The molecule has 190 valence electrons. The molecule has 0 nitrogen and oxygen atoms in total. The Labute approximate surface area is 235 Å². The van der Waals surface area contributed by atoms with Gasteiger partial charge in [0.1, 0.15) is 0 Å². The van der Waals surface area contributed by atoms with Crippen LogP contribution in [0.25, 0.3) is 0 Å². The fourth-order valence-corrected chi connectivity index (χ4v) is 10.9. The van der Waals surface area contributed by atoms with E-state index in [-0.39, 0.29) is 5.92 Å². The van der Waals surface area contributed by atoms with E-state index in [0.29, 0.717) is 5.66 Å². The summed E-state index contributed by atoms with van der Waals surface area (Å²) in [4.78, 5) is 0. The first-order chi connectivity index (χ1) is 19.3. The van der Waals surface area contributed by atoms with Crippen LogP contribution in [0.2, 0.25) is 0 Å². The van der Waals surface area contributed by atoms with Crippen molar-refractivity contribution in [2.75, 3.05) is 0 Å². The molecule has 39 heavy (non-hydrogen) atoms. The zero-order valence-electron chi connectivity index (χ0n) is 22.1. The molecule has 1 unspecified atom stereocenters. The fraction of sp³-hybridized carbons (Fsp3) is 0.0811. The maximum absolute atomic E-state index is 2.44. The molecule has 0 fully saturated rings. The van der Waals surface area contributed by atoms with Crippen LogP contribution in [0, 0.1) is 0 Å². The lowest BCUT2D eigenvalue weighted by Crippen LogP contribution is -2.27. The summed E-state index contributed by atoms with van der Waals surface area (Å²) in [5.74, 6) is 0.269. The smallest absolute Gasteiger partial charge is 0.0247 e. The van der Waals surface area contributed by atoms with Crippen LogP contribution in [-0.2, 0) is 0 Å². The van der Waals surface area contributed by atoms with Crippen LogP contribution in [0.15, 0.2) is 169 Å². The van der Waals surface area contributed by atoms with Crippen LogP contribution in [0.3, 0.4) is 0 Å². The number of hydrogen-bond donors (Lipinski definition) is 0. The maximum Gasteiger partial charge on any atom is 0.0247 e. The van der Waals surface area contributed by atoms with Crippen LogP contribution < -0.4 is 26.5 Å². The van der Waals surface area contributed by atoms with E-state index in [0.717, 1.165) is 0 Å². The van der Waals surface area contributed by atoms with E-state index >= 15 is 0 Å². The highest BCUT2D eigenvalue weighted by Gasteiger charge is 2.32. The number of rotatable bonds is 8. The van der Waals surface area contributed by atoms with Gasteiger partial charge in [-0.2, -0.15) is 0 Å². The average Bonchev–Trinajstić information content (AvgIpc) is 3.50. The topological polar surface area (TPSA) is 0 Å². The summed E-state index contributed by atoms with van der Waals surface area (Å²) >= 11 is 0. The molecule has 0 saturated heterocycles.